The van der Waals surface area contributed by atoms with Crippen molar-refractivity contribution in [2.24, 2.45) is 0 Å². The van der Waals surface area contributed by atoms with Crippen molar-refractivity contribution < 1.29 is 9.59 Å². The van der Waals surface area contributed by atoms with Crippen LogP contribution in [0.4, 0.5) is 0 Å². The van der Waals surface area contributed by atoms with Crippen molar-refractivity contribution in [3.8, 4) is 0 Å². The van der Waals surface area contributed by atoms with E-state index >= 15 is 0 Å². The summed E-state index contributed by atoms with van der Waals surface area (Å²) in [6.45, 7) is 3.54. The van der Waals surface area contributed by atoms with Gasteiger partial charge in [0, 0.05) is 42.5 Å². The van der Waals surface area contributed by atoms with E-state index in [0.29, 0.717) is 25.0 Å². The van der Waals surface area contributed by atoms with Crippen molar-refractivity contribution in [1.29, 1.82) is 0 Å². The molecule has 3 N–H and O–H groups in total. The number of aromatic nitrogens is 1. The van der Waals surface area contributed by atoms with Gasteiger partial charge in [-0.15, -0.1) is 0 Å². The van der Waals surface area contributed by atoms with E-state index in [-0.39, 0.29) is 11.9 Å². The molecule has 172 valence electrons. The third-order valence-electron chi connectivity index (χ3n) is 5.85. The lowest BCUT2D eigenvalue weighted by Crippen LogP contribution is -2.43. The molecular weight excluding hydrogens is 418 g/mol. The quantitative estimate of drug-likeness (QED) is 0.283. The maximum absolute atomic E-state index is 12.5. The molecule has 2 heterocycles. The Bertz CT molecular complexity index is 965. The third-order valence-corrected chi connectivity index (χ3v) is 6.58. The molecule has 0 spiro atoms. The van der Waals surface area contributed by atoms with Crippen LogP contribution in [0.15, 0.2) is 47.3 Å². The fourth-order valence-corrected chi connectivity index (χ4v) is 4.66. The zero-order valence-corrected chi connectivity index (χ0v) is 19.8. The van der Waals surface area contributed by atoms with Gasteiger partial charge in [-0.2, -0.15) is 11.3 Å². The Morgan fingerprint density at radius 2 is 2.00 bits per heavy atom. The molecule has 0 saturated carbocycles. The molecule has 2 aromatic heterocycles. The smallest absolute Gasteiger partial charge is 0.224 e. The van der Waals surface area contributed by atoms with Crippen LogP contribution in [0.25, 0.3) is 10.9 Å². The fraction of sp³-hybridized carbons (Fsp3) is 0.462. The van der Waals surface area contributed by atoms with Gasteiger partial charge in [-0.05, 0) is 59.8 Å². The summed E-state index contributed by atoms with van der Waals surface area (Å²) in [5.41, 5.74) is 3.55. The first-order chi connectivity index (χ1) is 15.7. The molecule has 0 fully saturated rings. The largest absolute Gasteiger partial charge is 0.361 e. The second-order valence-corrected chi connectivity index (χ2v) is 9.16. The minimum atomic E-state index is 0.0768. The van der Waals surface area contributed by atoms with Gasteiger partial charge in [0.2, 0.25) is 5.91 Å². The lowest BCUT2D eigenvalue weighted by atomic mass is 10.0. The summed E-state index contributed by atoms with van der Waals surface area (Å²) >= 11 is 1.62. The highest BCUT2D eigenvalue weighted by Crippen LogP contribution is 2.17. The van der Waals surface area contributed by atoms with Crippen LogP contribution in [0, 0.1) is 0 Å². The Kier molecular flexibility index (Phi) is 9.98. The molecule has 0 bridgehead atoms. The number of hydrogen-bond donors (Lipinski definition) is 3. The molecule has 0 saturated heterocycles. The number of amides is 1. The topological polar surface area (TPSA) is 74.0 Å². The van der Waals surface area contributed by atoms with Gasteiger partial charge in [-0.3, -0.25) is 9.59 Å². The maximum Gasteiger partial charge on any atom is 0.224 e. The predicted molar refractivity (Wildman–Crippen MR) is 133 cm³/mol. The number of para-hydroxylation sites is 1. The highest BCUT2D eigenvalue weighted by atomic mass is 32.1. The monoisotopic (exact) mass is 453 g/mol. The van der Waals surface area contributed by atoms with Crippen molar-refractivity contribution in [2.75, 3.05) is 13.1 Å². The molecule has 6 heteroatoms. The zero-order valence-electron chi connectivity index (χ0n) is 19.0. The van der Waals surface area contributed by atoms with Gasteiger partial charge in [-0.1, -0.05) is 38.0 Å². The number of carbonyl (C=O) groups is 2. The number of carbonyl (C=O) groups excluding carboxylic acids is 2. The number of aromatic amines is 1. The fourth-order valence-electron chi connectivity index (χ4n) is 3.99. The SMILES string of the molecule is CCC(=O)CCCCCC(CNCCc1c[nH]c2ccccc12)NC(=O)Cc1ccsc1. The zero-order chi connectivity index (χ0) is 22.6. The lowest BCUT2D eigenvalue weighted by molar-refractivity contribution is -0.121. The number of rotatable bonds is 15. The number of benzene rings is 1. The predicted octanol–water partition coefficient (Wildman–Crippen LogP) is 5.02. The summed E-state index contributed by atoms with van der Waals surface area (Å²) in [5, 5.41) is 12.1. The summed E-state index contributed by atoms with van der Waals surface area (Å²) in [4.78, 5) is 27.3. The van der Waals surface area contributed by atoms with E-state index in [2.05, 4.69) is 40.0 Å². The molecule has 1 amide bonds. The van der Waals surface area contributed by atoms with Crippen LogP contribution in [0.5, 0.6) is 0 Å². The van der Waals surface area contributed by atoms with E-state index in [1.54, 1.807) is 11.3 Å². The number of H-pyrrole nitrogens is 1. The van der Waals surface area contributed by atoms with Gasteiger partial charge in [0.15, 0.2) is 0 Å². The van der Waals surface area contributed by atoms with Gasteiger partial charge >= 0.3 is 0 Å². The highest BCUT2D eigenvalue weighted by molar-refractivity contribution is 7.08. The van der Waals surface area contributed by atoms with Crippen LogP contribution in [-0.4, -0.2) is 35.8 Å². The van der Waals surface area contributed by atoms with Gasteiger partial charge in [-0.25, -0.2) is 0 Å². The summed E-state index contributed by atoms with van der Waals surface area (Å²) in [5.74, 6) is 0.414. The van der Waals surface area contributed by atoms with Crippen LogP contribution in [-0.2, 0) is 22.4 Å². The van der Waals surface area contributed by atoms with Gasteiger partial charge < -0.3 is 15.6 Å². The number of thiophene rings is 1. The average Bonchev–Trinajstić information content (AvgIpc) is 3.46. The molecule has 0 aliphatic carbocycles. The number of unbranched alkanes of at least 4 members (excludes halogenated alkanes) is 2. The standard InChI is InChI=1S/C26H35N3O2S/c1-2-23(30)9-5-3-4-8-22(29-26(31)16-20-13-15-32-19-20)18-27-14-12-21-17-28-25-11-7-6-10-24(21)25/h6-7,10-11,13,15,17,19,22,27-28H,2-5,8-9,12,14,16,18H2,1H3,(H,29,31). The average molecular weight is 454 g/mol. The normalized spacial score (nSPS) is 12.2. The number of hydrogen-bond acceptors (Lipinski definition) is 4. The van der Waals surface area contributed by atoms with E-state index in [1.807, 2.05) is 29.8 Å². The second kappa shape index (κ2) is 13.2. The molecule has 3 aromatic rings. The minimum absolute atomic E-state index is 0.0768. The molecular formula is C26H35N3O2S. The molecule has 0 radical (unpaired) electrons. The van der Waals surface area contributed by atoms with Gasteiger partial charge in [0.25, 0.3) is 0 Å². The maximum atomic E-state index is 12.5. The Labute approximate surface area is 195 Å². The molecule has 32 heavy (non-hydrogen) atoms. The van der Waals surface area contributed by atoms with Crippen molar-refractivity contribution in [3.63, 3.8) is 0 Å². The highest BCUT2D eigenvalue weighted by Gasteiger charge is 2.13. The van der Waals surface area contributed by atoms with Crippen LogP contribution in [0.2, 0.25) is 0 Å². The molecule has 0 aliphatic heterocycles. The lowest BCUT2D eigenvalue weighted by Gasteiger charge is -2.19. The van der Waals surface area contributed by atoms with Gasteiger partial charge in [0.1, 0.15) is 5.78 Å². The number of fused-ring (bicyclic) bond motifs is 1. The van der Waals surface area contributed by atoms with E-state index in [9.17, 15) is 9.59 Å². The Morgan fingerprint density at radius 1 is 1.12 bits per heavy atom. The van der Waals surface area contributed by atoms with Crippen LogP contribution in [0.1, 0.15) is 56.6 Å². The van der Waals surface area contributed by atoms with Crippen LogP contribution in [0.3, 0.4) is 0 Å². The van der Waals surface area contributed by atoms with Crippen molar-refractivity contribution >= 4 is 33.9 Å². The molecule has 3 rings (SSSR count). The van der Waals surface area contributed by atoms with Crippen LogP contribution >= 0.6 is 11.3 Å². The molecule has 1 atom stereocenters. The van der Waals surface area contributed by atoms with Gasteiger partial charge in [0.05, 0.1) is 6.42 Å². The molecule has 1 unspecified atom stereocenters. The summed E-state index contributed by atoms with van der Waals surface area (Å²) in [7, 11) is 0. The molecule has 0 aliphatic rings. The van der Waals surface area contributed by atoms with E-state index in [0.717, 1.165) is 50.8 Å². The first kappa shape index (κ1) is 24.2. The van der Waals surface area contributed by atoms with E-state index in [4.69, 9.17) is 0 Å². The Balaban J connectivity index is 1.44. The Morgan fingerprint density at radius 3 is 2.81 bits per heavy atom. The number of ketones is 1. The minimum Gasteiger partial charge on any atom is -0.361 e. The summed E-state index contributed by atoms with van der Waals surface area (Å²) < 4.78 is 0. The first-order valence-corrected chi connectivity index (χ1v) is 12.7. The summed E-state index contributed by atoms with van der Waals surface area (Å²) in [6, 6.07) is 10.5. The Hall–Kier alpha value is -2.44. The van der Waals surface area contributed by atoms with Crippen molar-refractivity contribution in [1.82, 2.24) is 15.6 Å². The van der Waals surface area contributed by atoms with Crippen molar-refractivity contribution in [2.45, 2.75) is 64.3 Å². The summed E-state index contributed by atoms with van der Waals surface area (Å²) in [6.07, 6.45) is 8.67. The second-order valence-electron chi connectivity index (χ2n) is 8.38. The van der Waals surface area contributed by atoms with Crippen LogP contribution < -0.4 is 10.6 Å². The van der Waals surface area contributed by atoms with E-state index < -0.39 is 0 Å². The number of Topliss-reactive ketones (excluding diaryl/α,β-unsaturated/α-hetero) is 1. The molecule has 5 nitrogen and oxygen atoms in total. The number of nitrogens with one attached hydrogen (secondary N) is 3. The van der Waals surface area contributed by atoms with Crippen molar-refractivity contribution in [3.05, 3.63) is 58.4 Å². The molecule has 1 aromatic carbocycles. The third kappa shape index (κ3) is 7.92. The first-order valence-electron chi connectivity index (χ1n) is 11.7. The van der Waals surface area contributed by atoms with E-state index in [1.165, 1.54) is 16.5 Å².